The summed E-state index contributed by atoms with van der Waals surface area (Å²) in [7, 11) is 0. The Hall–Kier alpha value is -0.540. The zero-order valence-corrected chi connectivity index (χ0v) is 10.5. The molecule has 0 atom stereocenters. The molecule has 0 N–H and O–H groups in total. The van der Waals surface area contributed by atoms with Crippen molar-refractivity contribution in [3.05, 3.63) is 27.5 Å². The van der Waals surface area contributed by atoms with Gasteiger partial charge in [0.2, 0.25) is 0 Å². The van der Waals surface area contributed by atoms with Crippen LogP contribution in [0.2, 0.25) is 0 Å². The average molecular weight is 271 g/mol. The van der Waals surface area contributed by atoms with Crippen molar-refractivity contribution in [1.29, 1.82) is 0 Å². The summed E-state index contributed by atoms with van der Waals surface area (Å²) in [6.45, 7) is 4.84. The Morgan fingerprint density at radius 1 is 1.43 bits per heavy atom. The molecule has 0 amide bonds. The molecule has 0 saturated carbocycles. The van der Waals surface area contributed by atoms with Gasteiger partial charge < -0.3 is 4.74 Å². The van der Waals surface area contributed by atoms with E-state index in [1.165, 1.54) is 19.4 Å². The van der Waals surface area contributed by atoms with Crippen LogP contribution in [0, 0.1) is 6.92 Å². The van der Waals surface area contributed by atoms with Gasteiger partial charge >= 0.3 is 0 Å². The molecule has 1 aromatic carbocycles. The van der Waals surface area contributed by atoms with Crippen molar-refractivity contribution in [2.75, 3.05) is 6.61 Å². The summed E-state index contributed by atoms with van der Waals surface area (Å²) in [6, 6.07) is 6.24. The molecule has 0 spiro atoms. The van der Waals surface area contributed by atoms with E-state index >= 15 is 0 Å². The maximum absolute atomic E-state index is 5.47. The van der Waals surface area contributed by atoms with E-state index < -0.39 is 0 Å². The van der Waals surface area contributed by atoms with E-state index in [1.807, 2.05) is 13.0 Å². The predicted molar refractivity (Wildman–Crippen MR) is 65.4 cm³/mol. The third kappa shape index (κ3) is 1.66. The zero-order valence-electron chi connectivity index (χ0n) is 8.13. The van der Waals surface area contributed by atoms with Gasteiger partial charge in [0, 0.05) is 10.1 Å². The first-order chi connectivity index (χ1) is 6.72. The summed E-state index contributed by atoms with van der Waals surface area (Å²) in [4.78, 5) is 0. The van der Waals surface area contributed by atoms with Gasteiger partial charge in [-0.1, -0.05) is 0 Å². The molecule has 1 heterocycles. The van der Waals surface area contributed by atoms with E-state index in [1.54, 1.807) is 11.3 Å². The number of hydrogen-bond acceptors (Lipinski definition) is 2. The highest BCUT2D eigenvalue weighted by Crippen LogP contribution is 2.36. The van der Waals surface area contributed by atoms with Crippen molar-refractivity contribution < 1.29 is 4.74 Å². The van der Waals surface area contributed by atoms with Crippen LogP contribution in [0.1, 0.15) is 12.5 Å². The highest BCUT2D eigenvalue weighted by molar-refractivity contribution is 9.11. The molecule has 0 unspecified atom stereocenters. The topological polar surface area (TPSA) is 9.23 Å². The molecule has 2 aromatic rings. The van der Waals surface area contributed by atoms with Crippen LogP contribution in [0.4, 0.5) is 0 Å². The highest BCUT2D eigenvalue weighted by atomic mass is 79.9. The molecule has 1 aromatic heterocycles. The quantitative estimate of drug-likeness (QED) is 0.788. The monoisotopic (exact) mass is 270 g/mol. The Morgan fingerprint density at radius 3 is 2.93 bits per heavy atom. The van der Waals surface area contributed by atoms with E-state index in [0.717, 1.165) is 12.4 Å². The van der Waals surface area contributed by atoms with Crippen LogP contribution in [-0.2, 0) is 0 Å². The molecule has 0 aliphatic rings. The number of aryl methyl sites for hydroxylation is 1. The van der Waals surface area contributed by atoms with E-state index in [9.17, 15) is 0 Å². The predicted octanol–water partition coefficient (Wildman–Crippen LogP) is 4.37. The number of benzene rings is 1. The van der Waals surface area contributed by atoms with Crippen LogP contribution in [0.25, 0.3) is 10.1 Å². The van der Waals surface area contributed by atoms with Gasteiger partial charge in [0.15, 0.2) is 0 Å². The lowest BCUT2D eigenvalue weighted by Crippen LogP contribution is -1.90. The number of thiophene rings is 1. The summed E-state index contributed by atoms with van der Waals surface area (Å²) in [5.41, 5.74) is 1.30. The van der Waals surface area contributed by atoms with Gasteiger partial charge in [0.1, 0.15) is 5.75 Å². The molecule has 0 aliphatic carbocycles. The van der Waals surface area contributed by atoms with Crippen molar-refractivity contribution in [3.63, 3.8) is 0 Å². The molecule has 14 heavy (non-hydrogen) atoms. The van der Waals surface area contributed by atoms with Crippen LogP contribution >= 0.6 is 27.3 Å². The summed E-state index contributed by atoms with van der Waals surface area (Å²) in [6.07, 6.45) is 0. The first-order valence-corrected chi connectivity index (χ1v) is 6.14. The van der Waals surface area contributed by atoms with Gasteiger partial charge in [0.05, 0.1) is 10.4 Å². The van der Waals surface area contributed by atoms with Gasteiger partial charge in [0.25, 0.3) is 0 Å². The van der Waals surface area contributed by atoms with E-state index in [2.05, 4.69) is 35.0 Å². The van der Waals surface area contributed by atoms with Gasteiger partial charge in [-0.2, -0.15) is 0 Å². The standard InChI is InChI=1S/C11H11BrOS/c1-3-13-8-4-5-10-9(6-8)7(2)11(12)14-10/h4-6H,3H2,1-2H3. The van der Waals surface area contributed by atoms with Crippen LogP contribution in [-0.4, -0.2) is 6.61 Å². The molecule has 1 nitrogen and oxygen atoms in total. The number of hydrogen-bond donors (Lipinski definition) is 0. The number of rotatable bonds is 2. The minimum atomic E-state index is 0.718. The molecule has 0 bridgehead atoms. The van der Waals surface area contributed by atoms with Gasteiger partial charge in [-0.05, 0) is 53.5 Å². The lowest BCUT2D eigenvalue weighted by Gasteiger charge is -2.02. The second kappa shape index (κ2) is 3.91. The summed E-state index contributed by atoms with van der Waals surface area (Å²) in [5, 5.41) is 1.29. The molecular weight excluding hydrogens is 260 g/mol. The van der Waals surface area contributed by atoms with Crippen molar-refractivity contribution >= 4 is 37.4 Å². The van der Waals surface area contributed by atoms with Crippen molar-refractivity contribution in [1.82, 2.24) is 0 Å². The largest absolute Gasteiger partial charge is 0.494 e. The second-order valence-corrected chi connectivity index (χ2v) is 5.46. The zero-order chi connectivity index (χ0) is 10.1. The smallest absolute Gasteiger partial charge is 0.119 e. The first-order valence-electron chi connectivity index (χ1n) is 4.54. The van der Waals surface area contributed by atoms with E-state index in [4.69, 9.17) is 4.74 Å². The summed E-state index contributed by atoms with van der Waals surface area (Å²) >= 11 is 5.32. The lowest BCUT2D eigenvalue weighted by atomic mass is 10.2. The van der Waals surface area contributed by atoms with Crippen molar-refractivity contribution in [2.45, 2.75) is 13.8 Å². The molecule has 0 aliphatic heterocycles. The fourth-order valence-electron chi connectivity index (χ4n) is 1.43. The minimum absolute atomic E-state index is 0.718. The van der Waals surface area contributed by atoms with Crippen LogP contribution < -0.4 is 4.74 Å². The third-order valence-corrected chi connectivity index (χ3v) is 4.30. The van der Waals surface area contributed by atoms with Crippen molar-refractivity contribution in [3.8, 4) is 5.75 Å². The normalized spacial score (nSPS) is 10.8. The Labute approximate surface area is 95.8 Å². The SMILES string of the molecule is CCOc1ccc2sc(Br)c(C)c2c1. The molecule has 0 radical (unpaired) electrons. The molecule has 0 fully saturated rings. The molecule has 2 rings (SSSR count). The fourth-order valence-corrected chi connectivity index (χ4v) is 3.08. The molecular formula is C11H11BrOS. The fraction of sp³-hybridized carbons (Fsp3) is 0.273. The minimum Gasteiger partial charge on any atom is -0.494 e. The lowest BCUT2D eigenvalue weighted by molar-refractivity contribution is 0.341. The number of fused-ring (bicyclic) bond motifs is 1. The van der Waals surface area contributed by atoms with Crippen molar-refractivity contribution in [2.24, 2.45) is 0 Å². The Kier molecular flexibility index (Phi) is 2.79. The average Bonchev–Trinajstić information content (AvgIpc) is 2.45. The Morgan fingerprint density at radius 2 is 2.21 bits per heavy atom. The maximum Gasteiger partial charge on any atom is 0.119 e. The van der Waals surface area contributed by atoms with Crippen LogP contribution in [0.15, 0.2) is 22.0 Å². The molecule has 3 heteroatoms. The third-order valence-electron chi connectivity index (χ3n) is 2.16. The van der Waals surface area contributed by atoms with E-state index in [-0.39, 0.29) is 0 Å². The van der Waals surface area contributed by atoms with Gasteiger partial charge in [-0.25, -0.2) is 0 Å². The van der Waals surface area contributed by atoms with Gasteiger partial charge in [-0.3, -0.25) is 0 Å². The number of halogens is 1. The van der Waals surface area contributed by atoms with Crippen LogP contribution in [0.5, 0.6) is 5.75 Å². The Balaban J connectivity index is 2.58. The van der Waals surface area contributed by atoms with Crippen LogP contribution in [0.3, 0.4) is 0 Å². The number of ether oxygens (including phenoxy) is 1. The second-order valence-electron chi connectivity index (χ2n) is 3.09. The summed E-state index contributed by atoms with van der Waals surface area (Å²) < 4.78 is 7.98. The first kappa shape index (κ1) is 9.99. The molecule has 74 valence electrons. The van der Waals surface area contributed by atoms with Gasteiger partial charge in [-0.15, -0.1) is 11.3 Å². The maximum atomic E-state index is 5.47. The summed E-state index contributed by atoms with van der Waals surface area (Å²) in [5.74, 6) is 0.952. The molecule has 0 saturated heterocycles. The van der Waals surface area contributed by atoms with E-state index in [0.29, 0.717) is 0 Å². The highest BCUT2D eigenvalue weighted by Gasteiger charge is 2.06. The Bertz CT molecular complexity index is 462.